The molecule has 0 spiro atoms. The molecule has 1 atom stereocenters. The summed E-state index contributed by atoms with van der Waals surface area (Å²) < 4.78 is 5.21. The molecule has 2 amide bonds. The lowest BCUT2D eigenvalue weighted by molar-refractivity contribution is -0.142. The van der Waals surface area contributed by atoms with Gasteiger partial charge in [-0.25, -0.2) is 0 Å². The number of ether oxygens (including phenoxy) is 1. The van der Waals surface area contributed by atoms with Crippen LogP contribution >= 0.6 is 0 Å². The van der Waals surface area contributed by atoms with Gasteiger partial charge in [0.05, 0.1) is 13.5 Å². The number of methoxy groups -OCH3 is 1. The zero-order chi connectivity index (χ0) is 17.6. The van der Waals surface area contributed by atoms with E-state index in [1.807, 2.05) is 34.1 Å². The van der Waals surface area contributed by atoms with Gasteiger partial charge in [-0.1, -0.05) is 24.3 Å². The molecule has 0 bridgehead atoms. The number of rotatable bonds is 4. The monoisotopic (exact) mass is 342 g/mol. The molecule has 5 heteroatoms. The van der Waals surface area contributed by atoms with Crippen molar-refractivity contribution in [3.8, 4) is 5.75 Å². The molecule has 1 heterocycles. The van der Waals surface area contributed by atoms with Crippen LogP contribution in [0.2, 0.25) is 0 Å². The van der Waals surface area contributed by atoms with Crippen LogP contribution in [0.4, 0.5) is 0 Å². The summed E-state index contributed by atoms with van der Waals surface area (Å²) in [5.41, 5.74) is 0.955. The first-order valence-corrected chi connectivity index (χ1v) is 9.02. The Hall–Kier alpha value is -2.30. The van der Waals surface area contributed by atoms with Crippen LogP contribution in [0.25, 0.3) is 0 Å². The van der Waals surface area contributed by atoms with Gasteiger partial charge in [0.2, 0.25) is 11.8 Å². The van der Waals surface area contributed by atoms with Crippen molar-refractivity contribution in [1.29, 1.82) is 0 Å². The highest BCUT2D eigenvalue weighted by molar-refractivity contribution is 5.81. The minimum absolute atomic E-state index is 0.112. The van der Waals surface area contributed by atoms with Crippen LogP contribution in [0.15, 0.2) is 36.4 Å². The molecule has 1 aromatic carbocycles. The molecule has 0 N–H and O–H groups in total. The molecule has 1 aromatic rings. The molecule has 134 valence electrons. The minimum atomic E-state index is 0.112. The van der Waals surface area contributed by atoms with Crippen LogP contribution in [0.1, 0.15) is 24.8 Å². The number of hydrogen-bond acceptors (Lipinski definition) is 3. The van der Waals surface area contributed by atoms with E-state index >= 15 is 0 Å². The van der Waals surface area contributed by atoms with Crippen LogP contribution in [-0.4, -0.2) is 54.9 Å². The van der Waals surface area contributed by atoms with E-state index in [0.717, 1.165) is 30.6 Å². The lowest BCUT2D eigenvalue weighted by Crippen LogP contribution is -2.52. The largest absolute Gasteiger partial charge is 0.497 e. The highest BCUT2D eigenvalue weighted by atomic mass is 16.5. The highest BCUT2D eigenvalue weighted by Gasteiger charge is 2.28. The average Bonchev–Trinajstić information content (AvgIpc) is 2.68. The van der Waals surface area contributed by atoms with Gasteiger partial charge in [-0.05, 0) is 37.0 Å². The summed E-state index contributed by atoms with van der Waals surface area (Å²) in [6.07, 6.45) is 7.44. The van der Waals surface area contributed by atoms with E-state index in [4.69, 9.17) is 4.74 Å². The number of carbonyl (C=O) groups excluding carboxylic acids is 2. The fourth-order valence-electron chi connectivity index (χ4n) is 3.52. The molecule has 1 saturated heterocycles. The predicted octanol–water partition coefficient (Wildman–Crippen LogP) is 2.26. The maximum absolute atomic E-state index is 12.6. The summed E-state index contributed by atoms with van der Waals surface area (Å²) in [7, 11) is 1.62. The smallest absolute Gasteiger partial charge is 0.227 e. The molecule has 0 saturated carbocycles. The van der Waals surface area contributed by atoms with Crippen molar-refractivity contribution < 1.29 is 14.3 Å². The number of piperazine rings is 1. The summed E-state index contributed by atoms with van der Waals surface area (Å²) in [5.74, 6) is 1.26. The zero-order valence-electron chi connectivity index (χ0n) is 14.8. The summed E-state index contributed by atoms with van der Waals surface area (Å²) in [6.45, 7) is 2.53. The van der Waals surface area contributed by atoms with Crippen molar-refractivity contribution in [3.05, 3.63) is 42.0 Å². The maximum Gasteiger partial charge on any atom is 0.227 e. The van der Waals surface area contributed by atoms with Crippen LogP contribution in [0, 0.1) is 5.92 Å². The first-order chi connectivity index (χ1) is 12.2. The Labute approximate surface area is 149 Å². The van der Waals surface area contributed by atoms with Crippen molar-refractivity contribution in [3.63, 3.8) is 0 Å². The summed E-state index contributed by atoms with van der Waals surface area (Å²) in [6, 6.07) is 7.61. The quantitative estimate of drug-likeness (QED) is 0.789. The SMILES string of the molecule is COc1cccc(CC(=O)N2CCN(C(=O)[C@@H]3CC=CCC3)CC2)c1. The first kappa shape index (κ1) is 17.5. The zero-order valence-corrected chi connectivity index (χ0v) is 14.8. The second kappa shape index (κ2) is 8.19. The standard InChI is InChI=1S/C20H26N2O3/c1-25-18-9-5-6-16(14-18)15-19(23)21-10-12-22(13-11-21)20(24)17-7-3-2-4-8-17/h2-3,5-6,9,14,17H,4,7-8,10-13,15H2,1H3/t17-/m1/s1. The van der Waals surface area contributed by atoms with E-state index in [2.05, 4.69) is 12.2 Å². The normalized spacial score (nSPS) is 20.4. The lowest BCUT2D eigenvalue weighted by Gasteiger charge is -2.36. The van der Waals surface area contributed by atoms with Crippen molar-refractivity contribution in [2.24, 2.45) is 5.92 Å². The Bertz CT molecular complexity index is 648. The van der Waals surface area contributed by atoms with Gasteiger partial charge >= 0.3 is 0 Å². The Morgan fingerprint density at radius 1 is 1.12 bits per heavy atom. The van der Waals surface area contributed by atoms with E-state index in [1.54, 1.807) is 7.11 Å². The summed E-state index contributed by atoms with van der Waals surface area (Å²) in [5, 5.41) is 0. The molecule has 5 nitrogen and oxygen atoms in total. The molecule has 0 aromatic heterocycles. The van der Waals surface area contributed by atoms with Gasteiger partial charge in [-0.2, -0.15) is 0 Å². The molecule has 0 unspecified atom stereocenters. The van der Waals surface area contributed by atoms with Crippen LogP contribution in [-0.2, 0) is 16.0 Å². The average molecular weight is 342 g/mol. The number of allylic oxidation sites excluding steroid dienone is 2. The van der Waals surface area contributed by atoms with Gasteiger partial charge < -0.3 is 14.5 Å². The topological polar surface area (TPSA) is 49.9 Å². The predicted molar refractivity (Wildman–Crippen MR) is 96.3 cm³/mol. The van der Waals surface area contributed by atoms with E-state index < -0.39 is 0 Å². The second-order valence-electron chi connectivity index (χ2n) is 6.72. The Morgan fingerprint density at radius 2 is 1.88 bits per heavy atom. The fraction of sp³-hybridized carbons (Fsp3) is 0.500. The van der Waals surface area contributed by atoms with Gasteiger partial charge in [0.1, 0.15) is 5.75 Å². The van der Waals surface area contributed by atoms with Gasteiger partial charge in [0, 0.05) is 32.1 Å². The molecule has 1 aliphatic carbocycles. The number of carbonyl (C=O) groups is 2. The maximum atomic E-state index is 12.6. The molecule has 0 radical (unpaired) electrons. The van der Waals surface area contributed by atoms with Crippen LogP contribution in [0.5, 0.6) is 5.75 Å². The Morgan fingerprint density at radius 3 is 2.56 bits per heavy atom. The molecule has 2 aliphatic rings. The Balaban J connectivity index is 1.50. The van der Waals surface area contributed by atoms with Crippen molar-refractivity contribution in [2.45, 2.75) is 25.7 Å². The third-order valence-corrected chi connectivity index (χ3v) is 5.05. The molecular formula is C20H26N2O3. The fourth-order valence-corrected chi connectivity index (χ4v) is 3.52. The van der Waals surface area contributed by atoms with Gasteiger partial charge in [0.15, 0.2) is 0 Å². The molecule has 1 fully saturated rings. The van der Waals surface area contributed by atoms with Gasteiger partial charge in [-0.3, -0.25) is 9.59 Å². The van der Waals surface area contributed by atoms with Gasteiger partial charge in [-0.15, -0.1) is 0 Å². The highest BCUT2D eigenvalue weighted by Crippen LogP contribution is 2.21. The molecular weight excluding hydrogens is 316 g/mol. The second-order valence-corrected chi connectivity index (χ2v) is 6.72. The lowest BCUT2D eigenvalue weighted by atomic mass is 9.93. The van der Waals surface area contributed by atoms with E-state index in [-0.39, 0.29) is 17.7 Å². The molecule has 25 heavy (non-hydrogen) atoms. The van der Waals surface area contributed by atoms with Gasteiger partial charge in [0.25, 0.3) is 0 Å². The summed E-state index contributed by atoms with van der Waals surface area (Å²) >= 11 is 0. The van der Waals surface area contributed by atoms with E-state index in [1.165, 1.54) is 0 Å². The number of hydrogen-bond donors (Lipinski definition) is 0. The minimum Gasteiger partial charge on any atom is -0.497 e. The van der Waals surface area contributed by atoms with Crippen LogP contribution in [0.3, 0.4) is 0 Å². The first-order valence-electron chi connectivity index (χ1n) is 9.02. The van der Waals surface area contributed by atoms with Crippen LogP contribution < -0.4 is 4.74 Å². The van der Waals surface area contributed by atoms with E-state index in [0.29, 0.717) is 32.6 Å². The molecule has 1 aliphatic heterocycles. The number of nitrogens with zero attached hydrogens (tertiary/aromatic N) is 2. The van der Waals surface area contributed by atoms with Crippen molar-refractivity contribution in [2.75, 3.05) is 33.3 Å². The molecule has 3 rings (SSSR count). The third kappa shape index (κ3) is 4.41. The Kier molecular flexibility index (Phi) is 5.74. The third-order valence-electron chi connectivity index (χ3n) is 5.05. The summed E-state index contributed by atoms with van der Waals surface area (Å²) in [4.78, 5) is 28.9. The number of benzene rings is 1. The van der Waals surface area contributed by atoms with Crippen molar-refractivity contribution in [1.82, 2.24) is 9.80 Å². The number of amides is 2. The van der Waals surface area contributed by atoms with E-state index in [9.17, 15) is 9.59 Å². The van der Waals surface area contributed by atoms with Crippen molar-refractivity contribution >= 4 is 11.8 Å².